The van der Waals surface area contributed by atoms with Crippen molar-refractivity contribution >= 4 is 19.4 Å². The molecule has 1 atom stereocenters. The summed E-state index contributed by atoms with van der Waals surface area (Å²) < 4.78 is 7.30. The average molecular weight is 305 g/mol. The Morgan fingerprint density at radius 1 is 0.944 bits per heavy atom. The second kappa shape index (κ2) is 7.38. The zero-order valence-electron chi connectivity index (χ0n) is 10.6. The third-order valence-electron chi connectivity index (χ3n) is 2.68. The van der Waals surface area contributed by atoms with Gasteiger partial charge in [-0.1, -0.05) is 0 Å². The summed E-state index contributed by atoms with van der Waals surface area (Å²) in [6, 6.07) is 21.2. The Bertz CT molecular complexity index is 441. The van der Waals surface area contributed by atoms with Gasteiger partial charge in [0.05, 0.1) is 0 Å². The first kappa shape index (κ1) is 13.4. The average Bonchev–Trinajstić information content (AvgIpc) is 2.45. The number of rotatable bonds is 6. The van der Waals surface area contributed by atoms with Crippen molar-refractivity contribution in [2.24, 2.45) is 0 Å². The normalized spacial score (nSPS) is 12.3. The van der Waals surface area contributed by atoms with Gasteiger partial charge < -0.3 is 0 Å². The molecule has 2 aromatic rings. The summed E-state index contributed by atoms with van der Waals surface area (Å²) in [7, 11) is 0. The Morgan fingerprint density at radius 2 is 1.56 bits per heavy atom. The van der Waals surface area contributed by atoms with Crippen LogP contribution >= 0.6 is 0 Å². The molecule has 0 aliphatic carbocycles. The van der Waals surface area contributed by atoms with E-state index in [0.717, 1.165) is 11.9 Å². The molecule has 1 nitrogen and oxygen atoms in total. The molecule has 0 saturated carbocycles. The van der Waals surface area contributed by atoms with E-state index < -0.39 is 0 Å². The summed E-state index contributed by atoms with van der Waals surface area (Å²) in [6.07, 6.45) is 0.233. The van der Waals surface area contributed by atoms with Crippen molar-refractivity contribution in [2.75, 3.05) is 6.61 Å². The van der Waals surface area contributed by atoms with Crippen molar-refractivity contribution in [3.8, 4) is 0 Å². The van der Waals surface area contributed by atoms with Gasteiger partial charge in [-0.05, 0) is 0 Å². The van der Waals surface area contributed by atoms with Crippen LogP contribution in [-0.4, -0.2) is 21.6 Å². The molecule has 0 heterocycles. The van der Waals surface area contributed by atoms with Crippen LogP contribution in [0.1, 0.15) is 18.6 Å². The second-order valence-electron chi connectivity index (χ2n) is 3.98. The Balaban J connectivity index is 1.99. The van der Waals surface area contributed by atoms with Gasteiger partial charge in [0.15, 0.2) is 0 Å². The quantitative estimate of drug-likeness (QED) is 0.745. The van der Waals surface area contributed by atoms with Crippen molar-refractivity contribution in [3.05, 3.63) is 66.2 Å². The van der Waals surface area contributed by atoms with Crippen LogP contribution in [-0.2, 0) is 4.74 Å². The third kappa shape index (κ3) is 3.99. The Morgan fingerprint density at radius 3 is 2.17 bits per heavy atom. The van der Waals surface area contributed by atoms with Crippen LogP contribution in [0.5, 0.6) is 0 Å². The van der Waals surface area contributed by atoms with Gasteiger partial charge in [0, 0.05) is 0 Å². The number of hydrogen-bond donors (Lipinski definition) is 0. The summed E-state index contributed by atoms with van der Waals surface area (Å²) in [5.41, 5.74) is 1.29. The molecule has 2 aromatic carbocycles. The molecule has 0 fully saturated rings. The van der Waals surface area contributed by atoms with Crippen LogP contribution in [0.4, 0.5) is 0 Å². The van der Waals surface area contributed by atoms with Crippen molar-refractivity contribution < 1.29 is 4.74 Å². The minimum atomic E-state index is 0.233. The molecule has 0 aromatic heterocycles. The van der Waals surface area contributed by atoms with E-state index in [9.17, 15) is 0 Å². The molecule has 2 heteroatoms. The van der Waals surface area contributed by atoms with E-state index in [1.165, 1.54) is 10.0 Å². The van der Waals surface area contributed by atoms with E-state index in [4.69, 9.17) is 4.74 Å². The van der Waals surface area contributed by atoms with Crippen LogP contribution in [0.25, 0.3) is 0 Å². The van der Waals surface area contributed by atoms with Gasteiger partial charge in [0.1, 0.15) is 0 Å². The molecule has 2 rings (SSSR count). The molecule has 0 saturated heterocycles. The van der Waals surface area contributed by atoms with Crippen molar-refractivity contribution in [1.29, 1.82) is 0 Å². The monoisotopic (exact) mass is 306 g/mol. The van der Waals surface area contributed by atoms with Crippen LogP contribution in [0, 0.1) is 0 Å². The molecule has 18 heavy (non-hydrogen) atoms. The summed E-state index contributed by atoms with van der Waals surface area (Å²) in [5, 5.41) is 1.09. The van der Waals surface area contributed by atoms with E-state index in [1.54, 1.807) is 0 Å². The Kier molecular flexibility index (Phi) is 5.47. The number of benzene rings is 2. The molecule has 0 bridgehead atoms. The first-order valence-electron chi connectivity index (χ1n) is 6.24. The van der Waals surface area contributed by atoms with Crippen LogP contribution < -0.4 is 4.46 Å². The second-order valence-corrected chi connectivity index (χ2v) is 6.27. The zero-order chi connectivity index (χ0) is 12.6. The maximum absolute atomic E-state index is 5.87. The first-order valence-corrected chi connectivity index (χ1v) is 8.31. The van der Waals surface area contributed by atoms with Gasteiger partial charge in [0.25, 0.3) is 0 Å². The molecule has 0 N–H and O–H groups in total. The number of hydrogen-bond acceptors (Lipinski definition) is 1. The van der Waals surface area contributed by atoms with Gasteiger partial charge in [-0.3, -0.25) is 0 Å². The predicted octanol–water partition coefficient (Wildman–Crippen LogP) is 3.21. The van der Waals surface area contributed by atoms with E-state index in [0.29, 0.717) is 15.0 Å². The fourth-order valence-electron chi connectivity index (χ4n) is 1.80. The summed E-state index contributed by atoms with van der Waals surface area (Å²) in [4.78, 5) is 0. The van der Waals surface area contributed by atoms with Gasteiger partial charge >= 0.3 is 115 Å². The molecular weight excluding hydrogens is 287 g/mol. The zero-order valence-corrected chi connectivity index (χ0v) is 12.3. The number of ether oxygens (including phenoxy) is 1. The van der Waals surface area contributed by atoms with Crippen LogP contribution in [0.3, 0.4) is 0 Å². The van der Waals surface area contributed by atoms with Gasteiger partial charge in [-0.15, -0.1) is 0 Å². The Hall–Kier alpha value is -1.08. The summed E-state index contributed by atoms with van der Waals surface area (Å²) in [5.74, 6) is 0. The van der Waals surface area contributed by atoms with Crippen LogP contribution in [0.2, 0.25) is 5.32 Å². The third-order valence-corrected chi connectivity index (χ3v) is 4.94. The molecule has 0 radical (unpaired) electrons. The van der Waals surface area contributed by atoms with Gasteiger partial charge in [-0.25, -0.2) is 0 Å². The fraction of sp³-hybridized carbons (Fsp3) is 0.250. The molecule has 94 valence electrons. The maximum atomic E-state index is 5.87. The van der Waals surface area contributed by atoms with E-state index in [-0.39, 0.29) is 6.10 Å². The Labute approximate surface area is 115 Å². The van der Waals surface area contributed by atoms with Crippen molar-refractivity contribution in [2.45, 2.75) is 18.3 Å². The van der Waals surface area contributed by atoms with Gasteiger partial charge in [-0.2, -0.15) is 0 Å². The SMILES string of the molecule is CCOC(C[Se]c1ccccc1)c1ccccc1. The summed E-state index contributed by atoms with van der Waals surface area (Å²) >= 11 is 0.469. The van der Waals surface area contributed by atoms with E-state index in [2.05, 4.69) is 67.6 Å². The van der Waals surface area contributed by atoms with E-state index >= 15 is 0 Å². The van der Waals surface area contributed by atoms with Gasteiger partial charge in [0.2, 0.25) is 0 Å². The summed E-state index contributed by atoms with van der Waals surface area (Å²) in [6.45, 7) is 2.83. The molecular formula is C16H18OSe. The van der Waals surface area contributed by atoms with Crippen molar-refractivity contribution in [3.63, 3.8) is 0 Å². The minimum absolute atomic E-state index is 0.233. The van der Waals surface area contributed by atoms with E-state index in [1.807, 2.05) is 0 Å². The molecule has 0 spiro atoms. The fourth-order valence-corrected chi connectivity index (χ4v) is 3.86. The van der Waals surface area contributed by atoms with Crippen molar-refractivity contribution in [1.82, 2.24) is 0 Å². The standard InChI is InChI=1S/C16H18OSe/c1-2-17-16(14-9-5-3-6-10-14)13-18-15-11-7-4-8-12-15/h3-12,16H,2,13H2,1H3. The molecule has 0 aliphatic heterocycles. The molecule has 0 amide bonds. The first-order chi connectivity index (χ1) is 8.90. The molecule has 1 unspecified atom stereocenters. The van der Waals surface area contributed by atoms with Crippen LogP contribution in [0.15, 0.2) is 60.7 Å². The molecule has 0 aliphatic rings. The topological polar surface area (TPSA) is 9.23 Å². The predicted molar refractivity (Wildman–Crippen MR) is 77.4 cm³/mol.